The molecule has 2 rings (SSSR count). The number of hydroxylamine groups is 1. The maximum Gasteiger partial charge on any atom is 0.337 e. The Kier molecular flexibility index (Phi) is 6.09. The third-order valence-electron chi connectivity index (χ3n) is 3.55. The summed E-state index contributed by atoms with van der Waals surface area (Å²) in [5.41, 5.74) is 0.957. The first-order valence-electron chi connectivity index (χ1n) is 7.42. The molecule has 0 unspecified atom stereocenters. The van der Waals surface area contributed by atoms with Crippen LogP contribution < -0.4 is 5.32 Å². The van der Waals surface area contributed by atoms with Gasteiger partial charge in [0, 0.05) is 18.3 Å². The molecule has 0 bridgehead atoms. The number of hydrogen-bond donors (Lipinski definition) is 1. The molecule has 0 atom stereocenters. The highest BCUT2D eigenvalue weighted by Gasteiger charge is 2.22. The number of carbonyl (C=O) groups excluding carboxylic acids is 2. The molecule has 26 heavy (non-hydrogen) atoms. The van der Waals surface area contributed by atoms with E-state index in [4.69, 9.17) is 4.84 Å². The minimum atomic E-state index is -3.86. The highest BCUT2D eigenvalue weighted by molar-refractivity contribution is 7.89. The first kappa shape index (κ1) is 19.6. The van der Waals surface area contributed by atoms with Crippen LogP contribution in [0, 0.1) is 0 Å². The molecule has 9 heteroatoms. The molecule has 0 saturated carbocycles. The summed E-state index contributed by atoms with van der Waals surface area (Å²) in [4.78, 5) is 28.4. The molecule has 0 aromatic heterocycles. The van der Waals surface area contributed by atoms with Gasteiger partial charge in [0.15, 0.2) is 0 Å². The molecule has 0 aliphatic carbocycles. The number of carbonyl (C=O) groups is 2. The minimum Gasteiger partial charge on any atom is -0.465 e. The molecule has 0 heterocycles. The molecule has 0 radical (unpaired) electrons. The minimum absolute atomic E-state index is 0.0736. The van der Waals surface area contributed by atoms with E-state index >= 15 is 0 Å². The molecule has 2 aromatic rings. The van der Waals surface area contributed by atoms with Gasteiger partial charge in [-0.15, -0.1) is 0 Å². The summed E-state index contributed by atoms with van der Waals surface area (Å²) >= 11 is 0. The monoisotopic (exact) mass is 378 g/mol. The number of hydrogen-bond acceptors (Lipinski definition) is 6. The summed E-state index contributed by atoms with van der Waals surface area (Å²) in [5.74, 6) is -0.976. The SMILES string of the molecule is COC(=O)c1ccc(NC(=O)c2cccc(S(=O)(=O)N(C)OC)c2)cc1. The van der Waals surface area contributed by atoms with Gasteiger partial charge in [-0.3, -0.25) is 9.63 Å². The van der Waals surface area contributed by atoms with Crippen LogP contribution >= 0.6 is 0 Å². The Balaban J connectivity index is 2.20. The van der Waals surface area contributed by atoms with Crippen molar-refractivity contribution in [3.63, 3.8) is 0 Å². The van der Waals surface area contributed by atoms with E-state index in [1.54, 1.807) is 12.1 Å². The van der Waals surface area contributed by atoms with Crippen molar-refractivity contribution < 1.29 is 27.6 Å². The second-order valence-electron chi connectivity index (χ2n) is 5.15. The first-order chi connectivity index (χ1) is 12.3. The summed E-state index contributed by atoms with van der Waals surface area (Å²) in [6.45, 7) is 0. The Morgan fingerprint density at radius 2 is 1.65 bits per heavy atom. The third kappa shape index (κ3) is 4.26. The summed E-state index contributed by atoms with van der Waals surface area (Å²) in [7, 11) is -0.0953. The Morgan fingerprint density at radius 3 is 2.23 bits per heavy atom. The molecule has 0 aliphatic heterocycles. The summed E-state index contributed by atoms with van der Waals surface area (Å²) in [6, 6.07) is 11.7. The maximum atomic E-state index is 12.4. The van der Waals surface area contributed by atoms with Gasteiger partial charge in [0.1, 0.15) is 0 Å². The molecule has 0 fully saturated rings. The second-order valence-corrected chi connectivity index (χ2v) is 7.08. The van der Waals surface area contributed by atoms with Gasteiger partial charge >= 0.3 is 5.97 Å². The van der Waals surface area contributed by atoms with Gasteiger partial charge in [-0.2, -0.15) is 0 Å². The zero-order valence-electron chi connectivity index (χ0n) is 14.4. The van der Waals surface area contributed by atoms with E-state index in [9.17, 15) is 18.0 Å². The lowest BCUT2D eigenvalue weighted by molar-refractivity contribution is -0.0258. The average Bonchev–Trinajstić information content (AvgIpc) is 2.67. The molecule has 0 saturated heterocycles. The fraction of sp³-hybridized carbons (Fsp3) is 0.176. The third-order valence-corrected chi connectivity index (χ3v) is 5.23. The van der Waals surface area contributed by atoms with Gasteiger partial charge in [-0.05, 0) is 42.5 Å². The van der Waals surface area contributed by atoms with Crippen molar-refractivity contribution in [1.29, 1.82) is 0 Å². The smallest absolute Gasteiger partial charge is 0.337 e. The van der Waals surface area contributed by atoms with Gasteiger partial charge in [0.2, 0.25) is 0 Å². The van der Waals surface area contributed by atoms with Crippen molar-refractivity contribution in [3.8, 4) is 0 Å². The Morgan fingerprint density at radius 1 is 1.00 bits per heavy atom. The molecule has 8 nitrogen and oxygen atoms in total. The predicted molar refractivity (Wildman–Crippen MR) is 94.1 cm³/mol. The zero-order chi connectivity index (χ0) is 19.3. The summed E-state index contributed by atoms with van der Waals surface area (Å²) in [6.07, 6.45) is 0. The largest absolute Gasteiger partial charge is 0.465 e. The quantitative estimate of drug-likeness (QED) is 0.608. The number of sulfonamides is 1. The van der Waals surface area contributed by atoms with Crippen LogP contribution in [-0.2, 0) is 19.6 Å². The number of methoxy groups -OCH3 is 1. The van der Waals surface area contributed by atoms with Crippen LogP contribution in [0.25, 0.3) is 0 Å². The molecular weight excluding hydrogens is 360 g/mol. The van der Waals surface area contributed by atoms with Crippen LogP contribution in [-0.4, -0.2) is 46.0 Å². The number of anilines is 1. The van der Waals surface area contributed by atoms with E-state index in [2.05, 4.69) is 10.1 Å². The van der Waals surface area contributed by atoms with Crippen LogP contribution in [0.1, 0.15) is 20.7 Å². The van der Waals surface area contributed by atoms with Gasteiger partial charge in [-0.1, -0.05) is 10.5 Å². The van der Waals surface area contributed by atoms with Gasteiger partial charge < -0.3 is 10.1 Å². The highest BCUT2D eigenvalue weighted by atomic mass is 32.2. The molecule has 0 spiro atoms. The maximum absolute atomic E-state index is 12.4. The summed E-state index contributed by atoms with van der Waals surface area (Å²) in [5, 5.41) is 2.63. The van der Waals surface area contributed by atoms with Crippen LogP contribution in [0.5, 0.6) is 0 Å². The topological polar surface area (TPSA) is 102 Å². The Hall–Kier alpha value is -2.75. The number of ether oxygens (including phenoxy) is 1. The van der Waals surface area contributed by atoms with Crippen molar-refractivity contribution in [2.24, 2.45) is 0 Å². The first-order valence-corrected chi connectivity index (χ1v) is 8.86. The van der Waals surface area contributed by atoms with E-state index in [0.717, 1.165) is 0 Å². The number of rotatable bonds is 6. The van der Waals surface area contributed by atoms with Crippen molar-refractivity contribution in [1.82, 2.24) is 4.47 Å². The number of benzene rings is 2. The molecule has 2 aromatic carbocycles. The number of amides is 1. The number of nitrogens with one attached hydrogen (secondary N) is 1. The van der Waals surface area contributed by atoms with Crippen molar-refractivity contribution in [3.05, 3.63) is 59.7 Å². The number of esters is 1. The Labute approximate surface area is 151 Å². The van der Waals surface area contributed by atoms with Crippen molar-refractivity contribution in [2.75, 3.05) is 26.6 Å². The lowest BCUT2D eigenvalue weighted by atomic mass is 10.2. The Bertz CT molecular complexity index is 909. The van der Waals surface area contributed by atoms with Crippen molar-refractivity contribution in [2.45, 2.75) is 4.90 Å². The van der Waals surface area contributed by atoms with Crippen LogP contribution in [0.3, 0.4) is 0 Å². The molecule has 0 aliphatic rings. The number of nitrogens with zero attached hydrogens (tertiary/aromatic N) is 1. The lowest BCUT2D eigenvalue weighted by Gasteiger charge is -2.14. The second kappa shape index (κ2) is 8.09. The standard InChI is InChI=1S/C17H18N2O6S/c1-19(25-3)26(22,23)15-6-4-5-13(11-15)16(20)18-14-9-7-12(8-10-14)17(21)24-2/h4-11H,1-3H3,(H,18,20). The average molecular weight is 378 g/mol. The van der Waals surface area contributed by atoms with E-state index < -0.39 is 21.9 Å². The zero-order valence-corrected chi connectivity index (χ0v) is 15.2. The lowest BCUT2D eigenvalue weighted by Crippen LogP contribution is -2.26. The van der Waals surface area contributed by atoms with Gasteiger partial charge in [0.25, 0.3) is 15.9 Å². The van der Waals surface area contributed by atoms with Crippen molar-refractivity contribution >= 4 is 27.6 Å². The molecule has 138 valence electrons. The fourth-order valence-corrected chi connectivity index (χ4v) is 3.07. The molecule has 1 amide bonds. The van der Waals surface area contributed by atoms with Crippen LogP contribution in [0.15, 0.2) is 53.4 Å². The van der Waals surface area contributed by atoms with Gasteiger partial charge in [-0.25, -0.2) is 13.2 Å². The van der Waals surface area contributed by atoms with E-state index in [-0.39, 0.29) is 10.5 Å². The fourth-order valence-electron chi connectivity index (χ4n) is 2.06. The van der Waals surface area contributed by atoms with E-state index in [0.29, 0.717) is 15.7 Å². The van der Waals surface area contributed by atoms with Crippen LogP contribution in [0.2, 0.25) is 0 Å². The van der Waals surface area contributed by atoms with E-state index in [1.165, 1.54) is 57.7 Å². The normalized spacial score (nSPS) is 11.2. The highest BCUT2D eigenvalue weighted by Crippen LogP contribution is 2.17. The molecule has 1 N–H and O–H groups in total. The van der Waals surface area contributed by atoms with E-state index in [1.807, 2.05) is 0 Å². The molecular formula is C17H18N2O6S. The van der Waals surface area contributed by atoms with Crippen LogP contribution in [0.4, 0.5) is 5.69 Å². The van der Waals surface area contributed by atoms with Gasteiger partial charge in [0.05, 0.1) is 24.7 Å². The predicted octanol–water partition coefficient (Wildman–Crippen LogP) is 1.91. The summed E-state index contributed by atoms with van der Waals surface area (Å²) < 4.78 is 29.8.